The van der Waals surface area contributed by atoms with Crippen LogP contribution in [-0.4, -0.2) is 16.5 Å². The van der Waals surface area contributed by atoms with Crippen LogP contribution in [0.4, 0.5) is 11.5 Å². The quantitative estimate of drug-likeness (QED) is 0.364. The lowest BCUT2D eigenvalue weighted by Crippen LogP contribution is -2.04. The van der Waals surface area contributed by atoms with E-state index >= 15 is 0 Å². The summed E-state index contributed by atoms with van der Waals surface area (Å²) < 4.78 is 0. The first-order chi connectivity index (χ1) is 7.65. The van der Waals surface area contributed by atoms with Gasteiger partial charge in [-0.15, -0.1) is 11.8 Å². The van der Waals surface area contributed by atoms with Gasteiger partial charge in [0.2, 0.25) is 0 Å². The Morgan fingerprint density at radius 2 is 2.31 bits per heavy atom. The molecular formula is C11H13N3O2. The zero-order valence-corrected chi connectivity index (χ0v) is 9.28. The Kier molecular flexibility index (Phi) is 4.28. The van der Waals surface area contributed by atoms with Crippen LogP contribution in [0.2, 0.25) is 0 Å². The van der Waals surface area contributed by atoms with Crippen LogP contribution in [-0.2, 0) is 0 Å². The molecule has 0 aromatic carbocycles. The van der Waals surface area contributed by atoms with Gasteiger partial charge >= 0.3 is 0 Å². The molecule has 1 aromatic rings. The molecule has 0 spiro atoms. The fourth-order valence-electron chi connectivity index (χ4n) is 1.22. The molecule has 5 nitrogen and oxygen atoms in total. The Balaban J connectivity index is 2.65. The Morgan fingerprint density at radius 1 is 1.56 bits per heavy atom. The molecule has 0 atom stereocenters. The van der Waals surface area contributed by atoms with Gasteiger partial charge in [0.1, 0.15) is 11.5 Å². The molecule has 0 aliphatic carbocycles. The lowest BCUT2D eigenvalue weighted by Gasteiger charge is -2.04. The van der Waals surface area contributed by atoms with E-state index in [1.165, 1.54) is 6.07 Å². The van der Waals surface area contributed by atoms with Crippen molar-refractivity contribution in [3.63, 3.8) is 0 Å². The van der Waals surface area contributed by atoms with Gasteiger partial charge in [-0.3, -0.25) is 10.1 Å². The van der Waals surface area contributed by atoms with Gasteiger partial charge in [0, 0.05) is 19.0 Å². The van der Waals surface area contributed by atoms with E-state index in [1.807, 2.05) is 0 Å². The molecule has 0 fully saturated rings. The van der Waals surface area contributed by atoms with E-state index in [9.17, 15) is 10.1 Å². The normalized spacial score (nSPS) is 9.12. The molecule has 5 heteroatoms. The van der Waals surface area contributed by atoms with Gasteiger partial charge in [-0.1, -0.05) is 0 Å². The first kappa shape index (κ1) is 12.0. The average Bonchev–Trinajstić information content (AvgIpc) is 2.24. The maximum Gasteiger partial charge on any atom is 0.290 e. The van der Waals surface area contributed by atoms with Gasteiger partial charge in [-0.05, 0) is 19.9 Å². The van der Waals surface area contributed by atoms with Crippen molar-refractivity contribution in [3.05, 3.63) is 27.9 Å². The number of anilines is 1. The van der Waals surface area contributed by atoms with Gasteiger partial charge in [0.25, 0.3) is 5.69 Å². The predicted molar refractivity (Wildman–Crippen MR) is 62.2 cm³/mol. The van der Waals surface area contributed by atoms with Gasteiger partial charge in [0.15, 0.2) is 0 Å². The fourth-order valence-corrected chi connectivity index (χ4v) is 1.22. The first-order valence-corrected chi connectivity index (χ1v) is 4.90. The minimum Gasteiger partial charge on any atom is -0.369 e. The number of aryl methyl sites for hydroxylation is 1. The van der Waals surface area contributed by atoms with Gasteiger partial charge < -0.3 is 5.32 Å². The fraction of sp³-hybridized carbons (Fsp3) is 0.364. The molecule has 0 bridgehead atoms. The summed E-state index contributed by atoms with van der Waals surface area (Å²) in [4.78, 5) is 14.2. The van der Waals surface area contributed by atoms with E-state index < -0.39 is 4.92 Å². The monoisotopic (exact) mass is 219 g/mol. The Hall–Kier alpha value is -2.09. The van der Waals surface area contributed by atoms with Gasteiger partial charge in [0.05, 0.1) is 4.92 Å². The molecule has 1 rings (SSSR count). The number of rotatable bonds is 4. The highest BCUT2D eigenvalue weighted by molar-refractivity contribution is 5.44. The number of nitrogens with one attached hydrogen (secondary N) is 1. The number of hydrogen-bond donors (Lipinski definition) is 1. The molecular weight excluding hydrogens is 206 g/mol. The standard InChI is InChI=1S/C11H13N3O2/c1-3-4-5-8-12-11-7-6-10(14(15)16)9(2)13-11/h6-7H,5,8H2,1-2H3,(H,12,13). The summed E-state index contributed by atoms with van der Waals surface area (Å²) >= 11 is 0. The zero-order chi connectivity index (χ0) is 12.0. The molecule has 1 aromatic heterocycles. The van der Waals surface area contributed by atoms with E-state index in [4.69, 9.17) is 0 Å². The Bertz CT molecular complexity index is 446. The lowest BCUT2D eigenvalue weighted by molar-refractivity contribution is -0.385. The van der Waals surface area contributed by atoms with Crippen LogP contribution in [0.3, 0.4) is 0 Å². The van der Waals surface area contributed by atoms with Crippen molar-refractivity contribution in [2.24, 2.45) is 0 Å². The molecule has 16 heavy (non-hydrogen) atoms. The lowest BCUT2D eigenvalue weighted by atomic mass is 10.3. The molecule has 1 N–H and O–H groups in total. The summed E-state index contributed by atoms with van der Waals surface area (Å²) in [6.45, 7) is 4.09. The number of nitro groups is 1. The summed E-state index contributed by atoms with van der Waals surface area (Å²) in [6, 6.07) is 3.06. The van der Waals surface area contributed by atoms with E-state index in [0.717, 1.165) is 6.42 Å². The summed E-state index contributed by atoms with van der Waals surface area (Å²) in [5.41, 5.74) is 0.454. The second-order valence-corrected chi connectivity index (χ2v) is 3.16. The highest BCUT2D eigenvalue weighted by Crippen LogP contribution is 2.17. The highest BCUT2D eigenvalue weighted by Gasteiger charge is 2.11. The highest BCUT2D eigenvalue weighted by atomic mass is 16.6. The second-order valence-electron chi connectivity index (χ2n) is 3.16. The SMILES string of the molecule is CC#CCCNc1ccc([N+](=O)[O-])c(C)n1. The molecule has 0 saturated heterocycles. The van der Waals surface area contributed by atoms with E-state index in [0.29, 0.717) is 18.1 Å². The molecule has 1 heterocycles. The summed E-state index contributed by atoms with van der Waals surface area (Å²) in [7, 11) is 0. The summed E-state index contributed by atoms with van der Waals surface area (Å²) in [5.74, 6) is 6.34. The summed E-state index contributed by atoms with van der Waals surface area (Å²) in [6.07, 6.45) is 0.730. The van der Waals surface area contributed by atoms with Crippen LogP contribution in [0.15, 0.2) is 12.1 Å². The third-order valence-corrected chi connectivity index (χ3v) is 1.99. The molecule has 0 saturated carbocycles. The van der Waals surface area contributed by atoms with E-state index in [2.05, 4.69) is 22.1 Å². The van der Waals surface area contributed by atoms with E-state index in [1.54, 1.807) is 19.9 Å². The van der Waals surface area contributed by atoms with Crippen molar-refractivity contribution in [2.75, 3.05) is 11.9 Å². The van der Waals surface area contributed by atoms with Crippen molar-refractivity contribution < 1.29 is 4.92 Å². The van der Waals surface area contributed by atoms with Crippen molar-refractivity contribution >= 4 is 11.5 Å². The van der Waals surface area contributed by atoms with Crippen LogP contribution < -0.4 is 5.32 Å². The van der Waals surface area contributed by atoms with Crippen LogP contribution >= 0.6 is 0 Å². The maximum atomic E-state index is 10.6. The number of aromatic nitrogens is 1. The predicted octanol–water partition coefficient (Wildman–Crippen LogP) is 2.12. The second kappa shape index (κ2) is 5.71. The van der Waals surface area contributed by atoms with Crippen LogP contribution in [0.1, 0.15) is 19.0 Å². The molecule has 0 unspecified atom stereocenters. The van der Waals surface area contributed by atoms with Crippen molar-refractivity contribution in [3.8, 4) is 11.8 Å². The van der Waals surface area contributed by atoms with Crippen molar-refractivity contribution in [2.45, 2.75) is 20.3 Å². The first-order valence-electron chi connectivity index (χ1n) is 4.90. The van der Waals surface area contributed by atoms with Gasteiger partial charge in [-0.25, -0.2) is 4.98 Å². The minimum atomic E-state index is -0.436. The van der Waals surface area contributed by atoms with E-state index in [-0.39, 0.29) is 5.69 Å². The number of nitrogens with zero attached hydrogens (tertiary/aromatic N) is 2. The third-order valence-electron chi connectivity index (χ3n) is 1.99. The maximum absolute atomic E-state index is 10.6. The molecule has 0 radical (unpaired) electrons. The molecule has 0 aliphatic heterocycles. The Morgan fingerprint density at radius 3 is 2.88 bits per heavy atom. The largest absolute Gasteiger partial charge is 0.369 e. The Labute approximate surface area is 94.0 Å². The zero-order valence-electron chi connectivity index (χ0n) is 9.28. The van der Waals surface area contributed by atoms with Gasteiger partial charge in [-0.2, -0.15) is 0 Å². The van der Waals surface area contributed by atoms with Crippen LogP contribution in [0.5, 0.6) is 0 Å². The topological polar surface area (TPSA) is 68.1 Å². The average molecular weight is 219 g/mol. The van der Waals surface area contributed by atoms with Crippen LogP contribution in [0.25, 0.3) is 0 Å². The van der Waals surface area contributed by atoms with Crippen LogP contribution in [0, 0.1) is 28.9 Å². The summed E-state index contributed by atoms with van der Waals surface area (Å²) in [5, 5.41) is 13.6. The molecule has 84 valence electrons. The number of hydrogen-bond acceptors (Lipinski definition) is 4. The molecule has 0 aliphatic rings. The van der Waals surface area contributed by atoms with Crippen molar-refractivity contribution in [1.82, 2.24) is 4.98 Å². The third kappa shape index (κ3) is 3.24. The smallest absolute Gasteiger partial charge is 0.290 e. The minimum absolute atomic E-state index is 0.0406. The van der Waals surface area contributed by atoms with Crippen molar-refractivity contribution in [1.29, 1.82) is 0 Å². The number of pyridine rings is 1. The molecule has 0 amide bonds.